The molecule has 3 rings (SSSR count). The zero-order valence-corrected chi connectivity index (χ0v) is 17.5. The smallest absolute Gasteiger partial charge is 0.331 e. The number of benzene rings is 2. The topological polar surface area (TPSA) is 76.1 Å². The van der Waals surface area contributed by atoms with Crippen LogP contribution in [0.2, 0.25) is 0 Å². The Morgan fingerprint density at radius 1 is 0.903 bits per heavy atom. The first-order valence-corrected chi connectivity index (χ1v) is 9.45. The van der Waals surface area contributed by atoms with Gasteiger partial charge >= 0.3 is 5.97 Å². The number of nitrogens with zero attached hydrogens (tertiary/aromatic N) is 1. The van der Waals surface area contributed by atoms with E-state index in [9.17, 15) is 4.79 Å². The van der Waals surface area contributed by atoms with Gasteiger partial charge in [0.2, 0.25) is 0 Å². The largest absolute Gasteiger partial charge is 0.496 e. The number of para-hydroxylation sites is 1. The van der Waals surface area contributed by atoms with E-state index in [-0.39, 0.29) is 6.61 Å². The highest BCUT2D eigenvalue weighted by atomic mass is 16.5. The molecular formula is C24H23NO6. The molecule has 0 spiro atoms. The van der Waals surface area contributed by atoms with Gasteiger partial charge < -0.3 is 23.7 Å². The van der Waals surface area contributed by atoms with Crippen molar-refractivity contribution in [3.8, 4) is 28.7 Å². The Hall–Kier alpha value is -4.00. The molecule has 31 heavy (non-hydrogen) atoms. The minimum Gasteiger partial charge on any atom is -0.496 e. The molecule has 0 atom stereocenters. The molecule has 0 N–H and O–H groups in total. The van der Waals surface area contributed by atoms with E-state index in [1.54, 1.807) is 55.9 Å². The summed E-state index contributed by atoms with van der Waals surface area (Å²) in [5.41, 5.74) is 1.38. The minimum atomic E-state index is -0.506. The van der Waals surface area contributed by atoms with Crippen LogP contribution in [0.5, 0.6) is 28.7 Å². The molecule has 0 bridgehead atoms. The van der Waals surface area contributed by atoms with E-state index in [0.717, 1.165) is 5.56 Å². The fourth-order valence-corrected chi connectivity index (χ4v) is 2.79. The lowest BCUT2D eigenvalue weighted by molar-refractivity contribution is -0.138. The highest BCUT2D eigenvalue weighted by molar-refractivity contribution is 5.88. The lowest BCUT2D eigenvalue weighted by Crippen LogP contribution is -2.02. The molecule has 0 aliphatic rings. The fraction of sp³-hybridized carbons (Fsp3) is 0.167. The SMILES string of the molecule is COc1cc(OC)c(OC)cc1/C=C/C(=O)OCc1ccccc1Oc1cccnc1. The predicted octanol–water partition coefficient (Wildman–Crippen LogP) is 4.66. The van der Waals surface area contributed by atoms with Crippen molar-refractivity contribution >= 4 is 12.0 Å². The summed E-state index contributed by atoms with van der Waals surface area (Å²) >= 11 is 0. The molecular weight excluding hydrogens is 398 g/mol. The minimum absolute atomic E-state index is 0.0582. The van der Waals surface area contributed by atoms with Crippen LogP contribution in [-0.2, 0) is 16.1 Å². The van der Waals surface area contributed by atoms with Crippen LogP contribution in [0.4, 0.5) is 0 Å². The molecule has 0 amide bonds. The highest BCUT2D eigenvalue weighted by Crippen LogP contribution is 2.35. The van der Waals surface area contributed by atoms with E-state index in [4.69, 9.17) is 23.7 Å². The van der Waals surface area contributed by atoms with Crippen LogP contribution in [-0.4, -0.2) is 32.3 Å². The van der Waals surface area contributed by atoms with E-state index in [2.05, 4.69) is 4.98 Å². The van der Waals surface area contributed by atoms with Crippen molar-refractivity contribution in [1.29, 1.82) is 0 Å². The number of esters is 1. The zero-order chi connectivity index (χ0) is 22.1. The molecule has 7 nitrogen and oxygen atoms in total. The third-order valence-corrected chi connectivity index (χ3v) is 4.34. The summed E-state index contributed by atoms with van der Waals surface area (Å²) in [7, 11) is 4.62. The normalized spacial score (nSPS) is 10.5. The van der Waals surface area contributed by atoms with Crippen LogP contribution < -0.4 is 18.9 Å². The summed E-state index contributed by atoms with van der Waals surface area (Å²) < 4.78 is 27.1. The van der Waals surface area contributed by atoms with Crippen LogP contribution in [0.1, 0.15) is 11.1 Å². The number of hydrogen-bond acceptors (Lipinski definition) is 7. The molecule has 0 unspecified atom stereocenters. The number of ether oxygens (including phenoxy) is 5. The summed E-state index contributed by atoms with van der Waals surface area (Å²) in [5.74, 6) is 2.28. The molecule has 2 aromatic carbocycles. The second-order valence-electron chi connectivity index (χ2n) is 6.29. The van der Waals surface area contributed by atoms with Gasteiger partial charge in [0.15, 0.2) is 11.5 Å². The molecule has 1 aromatic heterocycles. The standard InChI is InChI=1S/C24H23NO6/c1-27-21-14-23(29-3)22(28-2)13-17(21)10-11-24(26)30-16-18-7-4-5-9-20(18)31-19-8-6-12-25-15-19/h4-15H,16H2,1-3H3/b11-10+. The van der Waals surface area contributed by atoms with Crippen LogP contribution in [0.3, 0.4) is 0 Å². The van der Waals surface area contributed by atoms with Gasteiger partial charge in [0.25, 0.3) is 0 Å². The molecule has 0 saturated heterocycles. The Kier molecular flexibility index (Phi) is 7.48. The van der Waals surface area contributed by atoms with E-state index in [1.165, 1.54) is 20.3 Å². The van der Waals surface area contributed by atoms with Crippen molar-refractivity contribution in [2.45, 2.75) is 6.61 Å². The maximum atomic E-state index is 12.3. The molecule has 0 radical (unpaired) electrons. The fourth-order valence-electron chi connectivity index (χ4n) is 2.79. The maximum absolute atomic E-state index is 12.3. The number of carbonyl (C=O) groups is 1. The van der Waals surface area contributed by atoms with Gasteiger partial charge in [0.05, 0.1) is 27.5 Å². The number of rotatable bonds is 9. The van der Waals surface area contributed by atoms with Gasteiger partial charge in [-0.3, -0.25) is 4.98 Å². The number of pyridine rings is 1. The van der Waals surface area contributed by atoms with Crippen molar-refractivity contribution in [3.05, 3.63) is 78.1 Å². The highest BCUT2D eigenvalue weighted by Gasteiger charge is 2.11. The van der Waals surface area contributed by atoms with Gasteiger partial charge in [-0.15, -0.1) is 0 Å². The van der Waals surface area contributed by atoms with E-state index in [1.807, 2.05) is 18.2 Å². The molecule has 0 fully saturated rings. The molecule has 3 aromatic rings. The second-order valence-corrected chi connectivity index (χ2v) is 6.29. The number of carbonyl (C=O) groups excluding carboxylic acids is 1. The summed E-state index contributed by atoms with van der Waals surface area (Å²) in [6, 6.07) is 14.3. The van der Waals surface area contributed by atoms with Crippen molar-refractivity contribution < 1.29 is 28.5 Å². The van der Waals surface area contributed by atoms with Crippen molar-refractivity contribution in [1.82, 2.24) is 4.98 Å². The average Bonchev–Trinajstić information content (AvgIpc) is 2.82. The molecule has 0 aliphatic heterocycles. The Balaban J connectivity index is 1.68. The Bertz CT molecular complexity index is 1050. The number of hydrogen-bond donors (Lipinski definition) is 0. The lowest BCUT2D eigenvalue weighted by Gasteiger charge is -2.12. The Morgan fingerprint density at radius 3 is 2.35 bits per heavy atom. The quantitative estimate of drug-likeness (QED) is 0.367. The van der Waals surface area contributed by atoms with Gasteiger partial charge in [-0.25, -0.2) is 4.79 Å². The van der Waals surface area contributed by atoms with Crippen molar-refractivity contribution in [2.24, 2.45) is 0 Å². The first-order valence-electron chi connectivity index (χ1n) is 9.45. The molecule has 160 valence electrons. The summed E-state index contributed by atoms with van der Waals surface area (Å²) in [6.45, 7) is 0.0582. The van der Waals surface area contributed by atoms with E-state index < -0.39 is 5.97 Å². The van der Waals surface area contributed by atoms with Crippen LogP contribution >= 0.6 is 0 Å². The molecule has 7 heteroatoms. The zero-order valence-electron chi connectivity index (χ0n) is 17.5. The van der Waals surface area contributed by atoms with Crippen molar-refractivity contribution in [3.63, 3.8) is 0 Å². The van der Waals surface area contributed by atoms with Gasteiger partial charge in [0, 0.05) is 29.5 Å². The lowest BCUT2D eigenvalue weighted by atomic mass is 10.1. The van der Waals surface area contributed by atoms with Gasteiger partial charge in [0.1, 0.15) is 23.9 Å². The molecule has 1 heterocycles. The summed E-state index contributed by atoms with van der Waals surface area (Å²) in [5, 5.41) is 0. The molecule has 0 aliphatic carbocycles. The van der Waals surface area contributed by atoms with Gasteiger partial charge in [-0.1, -0.05) is 18.2 Å². The Morgan fingerprint density at radius 2 is 1.65 bits per heavy atom. The van der Waals surface area contributed by atoms with Crippen molar-refractivity contribution in [2.75, 3.05) is 21.3 Å². The predicted molar refractivity (Wildman–Crippen MR) is 116 cm³/mol. The average molecular weight is 421 g/mol. The maximum Gasteiger partial charge on any atom is 0.331 e. The third kappa shape index (κ3) is 5.76. The van der Waals surface area contributed by atoms with Crippen LogP contribution in [0.15, 0.2) is 67.0 Å². The number of methoxy groups -OCH3 is 3. The van der Waals surface area contributed by atoms with Crippen LogP contribution in [0.25, 0.3) is 6.08 Å². The first kappa shape index (κ1) is 21.7. The molecule has 0 saturated carbocycles. The summed E-state index contributed by atoms with van der Waals surface area (Å²) in [6.07, 6.45) is 6.21. The van der Waals surface area contributed by atoms with Gasteiger partial charge in [-0.05, 0) is 30.3 Å². The third-order valence-electron chi connectivity index (χ3n) is 4.34. The Labute approximate surface area is 180 Å². The van der Waals surface area contributed by atoms with Gasteiger partial charge in [-0.2, -0.15) is 0 Å². The first-order chi connectivity index (χ1) is 15.1. The van der Waals surface area contributed by atoms with E-state index >= 15 is 0 Å². The van der Waals surface area contributed by atoms with Crippen LogP contribution in [0, 0.1) is 0 Å². The van der Waals surface area contributed by atoms with E-state index in [0.29, 0.717) is 34.3 Å². The number of aromatic nitrogens is 1. The summed E-state index contributed by atoms with van der Waals surface area (Å²) in [4.78, 5) is 16.3. The monoisotopic (exact) mass is 421 g/mol. The second kappa shape index (κ2) is 10.7.